The molecule has 0 bridgehead atoms. The SMILES string of the molecule is [2H]c1c(C)c([2H])n2c(CC(=O)N(C)C([2H])([2H])[2H])c(-c3ccc(C([2H])([2H])[2H])cc3)nc2c1[2H]. The van der Waals surface area contributed by atoms with E-state index < -0.39 is 26.2 Å². The fraction of sp³-hybridized carbons (Fsp3) is 0.263. The first-order valence-corrected chi connectivity index (χ1v) is 7.00. The molecular weight excluding hydrogens is 286 g/mol. The zero-order chi connectivity index (χ0) is 24.2. The van der Waals surface area contributed by atoms with Crippen molar-refractivity contribution in [2.45, 2.75) is 20.2 Å². The van der Waals surface area contributed by atoms with Gasteiger partial charge in [0.25, 0.3) is 0 Å². The Kier molecular flexibility index (Phi) is 1.99. The molecule has 2 aromatic heterocycles. The summed E-state index contributed by atoms with van der Waals surface area (Å²) in [5.41, 5.74) is 1.13. The molecule has 4 heteroatoms. The third-order valence-corrected chi connectivity index (χ3v) is 3.47. The van der Waals surface area contributed by atoms with Gasteiger partial charge in [-0.3, -0.25) is 4.79 Å². The number of aryl methyl sites for hydroxylation is 1. The van der Waals surface area contributed by atoms with Crippen LogP contribution in [0.2, 0.25) is 0 Å². The van der Waals surface area contributed by atoms with Crippen molar-refractivity contribution in [3.05, 3.63) is 59.3 Å². The Morgan fingerprint density at radius 1 is 1.30 bits per heavy atom. The Morgan fingerprint density at radius 2 is 2.09 bits per heavy atom. The van der Waals surface area contributed by atoms with Crippen molar-refractivity contribution >= 4 is 11.6 Å². The van der Waals surface area contributed by atoms with Gasteiger partial charge in [0, 0.05) is 34.0 Å². The van der Waals surface area contributed by atoms with Crippen LogP contribution in [-0.4, -0.2) is 34.2 Å². The molecule has 0 saturated carbocycles. The van der Waals surface area contributed by atoms with Gasteiger partial charge < -0.3 is 9.30 Å². The van der Waals surface area contributed by atoms with Crippen LogP contribution in [0.5, 0.6) is 0 Å². The molecule has 3 aromatic rings. The number of fused-ring (bicyclic) bond motifs is 1. The summed E-state index contributed by atoms with van der Waals surface area (Å²) < 4.78 is 71.0. The minimum atomic E-state index is -2.66. The van der Waals surface area contributed by atoms with Crippen molar-refractivity contribution in [1.29, 1.82) is 0 Å². The van der Waals surface area contributed by atoms with Gasteiger partial charge in [-0.2, -0.15) is 0 Å². The summed E-state index contributed by atoms with van der Waals surface area (Å²) in [5, 5.41) is 0. The van der Waals surface area contributed by atoms with Gasteiger partial charge in [-0.1, -0.05) is 35.9 Å². The summed E-state index contributed by atoms with van der Waals surface area (Å²) in [4.78, 5) is 17.7. The van der Waals surface area contributed by atoms with Gasteiger partial charge in [0.05, 0.1) is 21.9 Å². The van der Waals surface area contributed by atoms with Crippen LogP contribution in [-0.2, 0) is 11.2 Å². The van der Waals surface area contributed by atoms with E-state index in [1.54, 1.807) is 0 Å². The average molecular weight is 316 g/mol. The molecule has 3 rings (SSSR count). The van der Waals surface area contributed by atoms with Crippen LogP contribution >= 0.6 is 0 Å². The first kappa shape index (κ1) is 7.77. The predicted octanol–water partition coefficient (Wildman–Crippen LogP) is 3.25. The topological polar surface area (TPSA) is 37.6 Å². The van der Waals surface area contributed by atoms with Crippen LogP contribution in [0.15, 0.2) is 42.5 Å². The lowest BCUT2D eigenvalue weighted by Crippen LogP contribution is -2.24. The fourth-order valence-electron chi connectivity index (χ4n) is 2.29. The van der Waals surface area contributed by atoms with E-state index in [4.69, 9.17) is 12.3 Å². The van der Waals surface area contributed by atoms with Crippen molar-refractivity contribution in [2.24, 2.45) is 0 Å². The minimum absolute atomic E-state index is 0.0140. The Hall–Kier alpha value is -2.62. The van der Waals surface area contributed by atoms with E-state index in [-0.39, 0.29) is 46.4 Å². The Labute approximate surface area is 149 Å². The van der Waals surface area contributed by atoms with Gasteiger partial charge in [-0.25, -0.2) is 4.98 Å². The third kappa shape index (κ3) is 2.97. The molecule has 0 spiro atoms. The van der Waals surface area contributed by atoms with Crippen LogP contribution in [0.3, 0.4) is 0 Å². The summed E-state index contributed by atoms with van der Waals surface area (Å²) in [6.07, 6.45) is -0.563. The number of aromatic nitrogens is 2. The number of pyridine rings is 1. The fourth-order valence-corrected chi connectivity index (χ4v) is 2.29. The highest BCUT2D eigenvalue weighted by Crippen LogP contribution is 2.26. The van der Waals surface area contributed by atoms with E-state index >= 15 is 0 Å². The second-order valence-electron chi connectivity index (χ2n) is 5.26. The van der Waals surface area contributed by atoms with E-state index in [1.807, 2.05) is 0 Å². The molecule has 1 aromatic carbocycles. The molecule has 4 nitrogen and oxygen atoms in total. The number of carbonyl (C=O) groups excluding carboxylic acids is 1. The summed E-state index contributed by atoms with van der Waals surface area (Å²) in [5.74, 6) is -0.745. The number of nitrogens with zero attached hydrogens (tertiary/aromatic N) is 3. The Bertz CT molecular complexity index is 1190. The smallest absolute Gasteiger partial charge is 0.228 e. The zero-order valence-corrected chi connectivity index (χ0v) is 12.8. The molecular formula is C19H21N3O. The van der Waals surface area contributed by atoms with Crippen molar-refractivity contribution < 1.29 is 17.1 Å². The molecule has 0 aliphatic rings. The van der Waals surface area contributed by atoms with Crippen LogP contribution in [0.1, 0.15) is 29.2 Å². The second kappa shape index (κ2) is 5.88. The van der Waals surface area contributed by atoms with Gasteiger partial charge in [0.2, 0.25) is 5.91 Å². The normalized spacial score (nSPS) is 17.7. The summed E-state index contributed by atoms with van der Waals surface area (Å²) in [7, 11) is 1.15. The number of hydrogen-bond acceptors (Lipinski definition) is 2. The predicted molar refractivity (Wildman–Crippen MR) is 92.5 cm³/mol. The van der Waals surface area contributed by atoms with Gasteiger partial charge in [-0.05, 0) is 25.4 Å². The van der Waals surface area contributed by atoms with Crippen molar-refractivity contribution in [1.82, 2.24) is 14.3 Å². The summed E-state index contributed by atoms with van der Waals surface area (Å²) in [6, 6.07) is 5.41. The zero-order valence-electron chi connectivity index (χ0n) is 21.8. The number of carbonyl (C=O) groups is 1. The maximum Gasteiger partial charge on any atom is 0.228 e. The first-order chi connectivity index (χ1) is 14.6. The van der Waals surface area contributed by atoms with E-state index in [2.05, 4.69) is 4.98 Å². The second-order valence-corrected chi connectivity index (χ2v) is 5.26. The molecule has 0 aliphatic carbocycles. The Balaban J connectivity index is 2.26. The highest BCUT2D eigenvalue weighted by Gasteiger charge is 2.18. The van der Waals surface area contributed by atoms with Gasteiger partial charge in [0.1, 0.15) is 5.65 Å². The average Bonchev–Trinajstić information content (AvgIpc) is 3.08. The number of hydrogen-bond donors (Lipinski definition) is 0. The number of imidazole rings is 1. The summed E-state index contributed by atoms with van der Waals surface area (Å²) in [6.45, 7) is -3.46. The minimum Gasteiger partial charge on any atom is -0.348 e. The summed E-state index contributed by atoms with van der Waals surface area (Å²) >= 11 is 0. The molecule has 0 radical (unpaired) electrons. The highest BCUT2D eigenvalue weighted by atomic mass is 16.2. The highest BCUT2D eigenvalue weighted by molar-refractivity contribution is 5.81. The standard InChI is InChI=1S/C19H21N3O/c1-13-5-8-15(9-6-13)19-16(11-18(23)21(3)4)22-12-14(2)7-10-17(22)20-19/h5-10,12H,11H2,1-4H3/i1D3,3D3,7D,10D,12D. The van der Waals surface area contributed by atoms with Crippen molar-refractivity contribution in [3.63, 3.8) is 0 Å². The van der Waals surface area contributed by atoms with E-state index in [1.165, 1.54) is 35.6 Å². The number of amides is 1. The van der Waals surface area contributed by atoms with Crippen molar-refractivity contribution in [2.75, 3.05) is 14.0 Å². The van der Waals surface area contributed by atoms with Crippen LogP contribution in [0, 0.1) is 13.8 Å². The number of benzene rings is 1. The van der Waals surface area contributed by atoms with Gasteiger partial charge in [-0.15, -0.1) is 0 Å². The van der Waals surface area contributed by atoms with Gasteiger partial charge >= 0.3 is 0 Å². The number of likely N-dealkylation sites (N-methyl/N-ethyl adjacent to an activating group) is 1. The van der Waals surface area contributed by atoms with Crippen molar-refractivity contribution in [3.8, 4) is 11.3 Å². The largest absolute Gasteiger partial charge is 0.348 e. The molecule has 23 heavy (non-hydrogen) atoms. The van der Waals surface area contributed by atoms with Crippen LogP contribution in [0.25, 0.3) is 16.9 Å². The third-order valence-electron chi connectivity index (χ3n) is 3.47. The Morgan fingerprint density at radius 3 is 2.78 bits per heavy atom. The maximum atomic E-state index is 12.7. The molecule has 2 heterocycles. The first-order valence-electron chi connectivity index (χ1n) is 11.5. The van der Waals surface area contributed by atoms with E-state index in [0.717, 1.165) is 7.05 Å². The molecule has 0 fully saturated rings. The molecule has 0 aliphatic heterocycles. The van der Waals surface area contributed by atoms with E-state index in [9.17, 15) is 4.79 Å². The molecule has 0 atom stereocenters. The lowest BCUT2D eigenvalue weighted by atomic mass is 10.1. The lowest BCUT2D eigenvalue weighted by Gasteiger charge is -2.11. The molecule has 0 saturated heterocycles. The van der Waals surface area contributed by atoms with Gasteiger partial charge in [0.15, 0.2) is 0 Å². The monoisotopic (exact) mass is 316 g/mol. The maximum absolute atomic E-state index is 12.7. The molecule has 0 unspecified atom stereocenters. The lowest BCUT2D eigenvalue weighted by molar-refractivity contribution is -0.128. The number of rotatable bonds is 3. The van der Waals surface area contributed by atoms with E-state index in [0.29, 0.717) is 10.5 Å². The van der Waals surface area contributed by atoms with Crippen LogP contribution < -0.4 is 0 Å². The molecule has 1 amide bonds. The van der Waals surface area contributed by atoms with Crippen LogP contribution in [0.4, 0.5) is 0 Å². The quantitative estimate of drug-likeness (QED) is 0.744. The molecule has 118 valence electrons. The molecule has 0 N–H and O–H groups in total.